The fourth-order valence-electron chi connectivity index (χ4n) is 4.04. The average Bonchev–Trinajstić information content (AvgIpc) is 3.03. The van der Waals surface area contributed by atoms with Crippen molar-refractivity contribution in [1.82, 2.24) is 0 Å². The van der Waals surface area contributed by atoms with E-state index in [9.17, 15) is 9.18 Å². The molecular formula is C23H29FN2O3. The van der Waals surface area contributed by atoms with E-state index >= 15 is 0 Å². The lowest BCUT2D eigenvalue weighted by Crippen LogP contribution is -2.38. The van der Waals surface area contributed by atoms with Gasteiger partial charge in [0, 0.05) is 24.7 Å². The van der Waals surface area contributed by atoms with E-state index in [-0.39, 0.29) is 11.7 Å². The minimum absolute atomic E-state index is 0.115. The van der Waals surface area contributed by atoms with Crippen LogP contribution < -0.4 is 10.6 Å². The molecule has 29 heavy (non-hydrogen) atoms. The number of hydrogen-bond donors (Lipinski definition) is 1. The summed E-state index contributed by atoms with van der Waals surface area (Å²) in [4.78, 5) is 13.5. The first kappa shape index (κ1) is 21.1. The van der Waals surface area contributed by atoms with Crippen molar-refractivity contribution in [2.24, 2.45) is 11.7 Å². The van der Waals surface area contributed by atoms with Gasteiger partial charge in [-0.25, -0.2) is 9.18 Å². The summed E-state index contributed by atoms with van der Waals surface area (Å²) < 4.78 is 24.8. The fourth-order valence-corrected chi connectivity index (χ4v) is 4.04. The first-order valence-corrected chi connectivity index (χ1v) is 9.96. The number of anilines is 1. The van der Waals surface area contributed by atoms with Gasteiger partial charge in [-0.15, -0.1) is 0 Å². The number of rotatable bonds is 9. The van der Waals surface area contributed by atoms with E-state index in [2.05, 4.69) is 4.90 Å². The SMILES string of the molecule is CC(C)(CC(COCc1ccccc1)CN1CCc2cc(F)ccc21)OC(N)=O. The maximum Gasteiger partial charge on any atom is 0.405 e. The molecule has 0 fully saturated rings. The van der Waals surface area contributed by atoms with E-state index in [1.54, 1.807) is 6.07 Å². The number of nitrogens with two attached hydrogens (primary N) is 1. The normalized spacial score (nSPS) is 14.5. The molecule has 2 aromatic rings. The Morgan fingerprint density at radius 3 is 2.72 bits per heavy atom. The maximum atomic E-state index is 13.5. The van der Waals surface area contributed by atoms with Crippen molar-refractivity contribution in [2.45, 2.75) is 38.9 Å². The van der Waals surface area contributed by atoms with Crippen LogP contribution in [-0.2, 0) is 22.5 Å². The molecule has 1 amide bonds. The number of fused-ring (bicyclic) bond motifs is 1. The molecular weight excluding hydrogens is 371 g/mol. The highest BCUT2D eigenvalue weighted by atomic mass is 19.1. The van der Waals surface area contributed by atoms with Crippen LogP contribution in [0.4, 0.5) is 14.9 Å². The summed E-state index contributed by atoms with van der Waals surface area (Å²) in [7, 11) is 0. The van der Waals surface area contributed by atoms with Crippen LogP contribution in [0.2, 0.25) is 0 Å². The van der Waals surface area contributed by atoms with Gasteiger partial charge in [0.25, 0.3) is 0 Å². The second-order valence-corrected chi connectivity index (χ2v) is 8.22. The van der Waals surface area contributed by atoms with Gasteiger partial charge in [-0.3, -0.25) is 0 Å². The largest absolute Gasteiger partial charge is 0.444 e. The average molecular weight is 400 g/mol. The van der Waals surface area contributed by atoms with Gasteiger partial charge >= 0.3 is 6.09 Å². The number of halogens is 1. The third kappa shape index (κ3) is 6.19. The zero-order valence-corrected chi connectivity index (χ0v) is 17.1. The maximum absolute atomic E-state index is 13.5. The minimum atomic E-state index is -0.777. The van der Waals surface area contributed by atoms with E-state index in [0.29, 0.717) is 19.6 Å². The number of primary amides is 1. The minimum Gasteiger partial charge on any atom is -0.444 e. The fraction of sp³-hybridized carbons (Fsp3) is 0.435. The van der Waals surface area contributed by atoms with Crippen LogP contribution in [-0.4, -0.2) is 31.4 Å². The molecule has 0 bridgehead atoms. The van der Waals surface area contributed by atoms with Crippen LogP contribution in [0.25, 0.3) is 0 Å². The predicted octanol–water partition coefficient (Wildman–Crippen LogP) is 4.29. The van der Waals surface area contributed by atoms with Crippen LogP contribution >= 0.6 is 0 Å². The van der Waals surface area contributed by atoms with Crippen molar-refractivity contribution in [3.05, 3.63) is 65.5 Å². The number of nitrogens with zero attached hydrogens (tertiary/aromatic N) is 1. The van der Waals surface area contributed by atoms with E-state index in [1.807, 2.05) is 50.2 Å². The Hall–Kier alpha value is -2.60. The smallest absolute Gasteiger partial charge is 0.405 e. The lowest BCUT2D eigenvalue weighted by molar-refractivity contribution is 0.00692. The molecule has 5 nitrogen and oxygen atoms in total. The molecule has 0 saturated heterocycles. The Kier molecular flexibility index (Phi) is 6.75. The molecule has 0 spiro atoms. The highest BCUT2D eigenvalue weighted by molar-refractivity contribution is 5.65. The van der Waals surface area contributed by atoms with Crippen LogP contribution in [0.3, 0.4) is 0 Å². The first-order chi connectivity index (χ1) is 13.8. The zero-order chi connectivity index (χ0) is 20.9. The van der Waals surface area contributed by atoms with Gasteiger partial charge < -0.3 is 20.1 Å². The second kappa shape index (κ2) is 9.27. The molecule has 2 aromatic carbocycles. The molecule has 6 heteroatoms. The van der Waals surface area contributed by atoms with Gasteiger partial charge in [0.05, 0.1) is 13.2 Å². The Morgan fingerprint density at radius 1 is 1.24 bits per heavy atom. The molecule has 0 aromatic heterocycles. The van der Waals surface area contributed by atoms with Crippen LogP contribution in [0.5, 0.6) is 0 Å². The summed E-state index contributed by atoms with van der Waals surface area (Å²) in [6, 6.07) is 14.9. The number of carbonyl (C=O) groups is 1. The Bertz CT molecular complexity index is 826. The lowest BCUT2D eigenvalue weighted by atomic mass is 9.93. The Morgan fingerprint density at radius 2 is 2.00 bits per heavy atom. The predicted molar refractivity (Wildman–Crippen MR) is 111 cm³/mol. The molecule has 1 heterocycles. The van der Waals surface area contributed by atoms with Gasteiger partial charge in [-0.05, 0) is 56.0 Å². The van der Waals surface area contributed by atoms with Crippen molar-refractivity contribution in [2.75, 3.05) is 24.6 Å². The molecule has 1 unspecified atom stereocenters. The first-order valence-electron chi connectivity index (χ1n) is 9.96. The lowest BCUT2D eigenvalue weighted by Gasteiger charge is -2.32. The number of carbonyl (C=O) groups excluding carboxylic acids is 1. The Balaban J connectivity index is 1.66. The second-order valence-electron chi connectivity index (χ2n) is 8.22. The standard InChI is InChI=1S/C23H29FN2O3/c1-23(2,29-22(25)27)13-18(16-28-15-17-6-4-3-5-7-17)14-26-11-10-19-12-20(24)8-9-21(19)26/h3-9,12,18H,10-11,13-16H2,1-2H3,(H2,25,27). The number of ether oxygens (including phenoxy) is 2. The van der Waals surface area contributed by atoms with E-state index in [1.165, 1.54) is 6.07 Å². The number of benzene rings is 2. The third-order valence-corrected chi connectivity index (χ3v) is 5.13. The highest BCUT2D eigenvalue weighted by Crippen LogP contribution is 2.31. The number of amides is 1. The van der Waals surface area contributed by atoms with E-state index in [4.69, 9.17) is 15.2 Å². The van der Waals surface area contributed by atoms with Gasteiger partial charge in [0.15, 0.2) is 0 Å². The summed E-state index contributed by atoms with van der Waals surface area (Å²) in [6.45, 7) is 6.33. The van der Waals surface area contributed by atoms with Gasteiger partial charge in [-0.1, -0.05) is 30.3 Å². The molecule has 1 aliphatic rings. The number of hydrogen-bond acceptors (Lipinski definition) is 4. The van der Waals surface area contributed by atoms with Gasteiger partial charge in [-0.2, -0.15) is 0 Å². The molecule has 0 aliphatic carbocycles. The molecule has 0 saturated carbocycles. The van der Waals surface area contributed by atoms with Crippen molar-refractivity contribution in [1.29, 1.82) is 0 Å². The summed E-state index contributed by atoms with van der Waals surface area (Å²) >= 11 is 0. The van der Waals surface area contributed by atoms with Gasteiger partial charge in [0.1, 0.15) is 11.4 Å². The third-order valence-electron chi connectivity index (χ3n) is 5.13. The van der Waals surface area contributed by atoms with Gasteiger partial charge in [0.2, 0.25) is 0 Å². The highest BCUT2D eigenvalue weighted by Gasteiger charge is 2.30. The summed E-state index contributed by atoms with van der Waals surface area (Å²) in [6.07, 6.45) is 0.657. The molecule has 156 valence electrons. The van der Waals surface area contributed by atoms with Crippen molar-refractivity contribution < 1.29 is 18.7 Å². The molecule has 1 aliphatic heterocycles. The van der Waals surface area contributed by atoms with Crippen molar-refractivity contribution in [3.8, 4) is 0 Å². The van der Waals surface area contributed by atoms with Crippen LogP contribution in [0.15, 0.2) is 48.5 Å². The summed E-state index contributed by atoms with van der Waals surface area (Å²) in [5.41, 5.74) is 7.74. The quantitative estimate of drug-likeness (QED) is 0.682. The van der Waals surface area contributed by atoms with Crippen LogP contribution in [0.1, 0.15) is 31.4 Å². The summed E-state index contributed by atoms with van der Waals surface area (Å²) in [5.74, 6) is -0.0894. The summed E-state index contributed by atoms with van der Waals surface area (Å²) in [5, 5.41) is 0. The molecule has 3 rings (SSSR count). The topological polar surface area (TPSA) is 64.8 Å². The van der Waals surface area contributed by atoms with Crippen LogP contribution in [0, 0.1) is 11.7 Å². The molecule has 1 atom stereocenters. The van der Waals surface area contributed by atoms with Crippen molar-refractivity contribution >= 4 is 11.8 Å². The molecule has 0 radical (unpaired) electrons. The van der Waals surface area contributed by atoms with Crippen molar-refractivity contribution in [3.63, 3.8) is 0 Å². The zero-order valence-electron chi connectivity index (χ0n) is 17.1. The Labute approximate surface area is 171 Å². The van der Waals surface area contributed by atoms with E-state index < -0.39 is 11.7 Å². The molecule has 2 N–H and O–H groups in total. The van der Waals surface area contributed by atoms with E-state index in [0.717, 1.165) is 36.3 Å². The monoisotopic (exact) mass is 400 g/mol.